The van der Waals surface area contributed by atoms with Gasteiger partial charge in [0, 0.05) is 76.6 Å². The largest absolute Gasteiger partial charge is 0.569 e. The number of benzene rings is 6. The third-order valence-electron chi connectivity index (χ3n) is 12.9. The van der Waals surface area contributed by atoms with Gasteiger partial charge in [0.15, 0.2) is 0 Å². The van der Waals surface area contributed by atoms with Crippen LogP contribution in [0.2, 0.25) is 0 Å². The second-order valence-electron chi connectivity index (χ2n) is 18.1. The van der Waals surface area contributed by atoms with Crippen LogP contribution in [0.1, 0.15) is 54.1 Å². The summed E-state index contributed by atoms with van der Waals surface area (Å²) in [6.45, 7) is 16.2. The number of carbonyl (C=O) groups excluding carboxylic acids is 2. The zero-order valence-electron chi connectivity index (χ0n) is 43.8. The van der Waals surface area contributed by atoms with E-state index in [1.54, 1.807) is 48.5 Å². The Kier molecular flexibility index (Phi) is 21.2. The van der Waals surface area contributed by atoms with Crippen molar-refractivity contribution in [3.8, 4) is 39.1 Å². The molecule has 2 fully saturated rings. The van der Waals surface area contributed by atoms with Crippen LogP contribution in [-0.2, 0) is 30.8 Å². The zero-order valence-corrected chi connectivity index (χ0v) is 47.0. The number of aryl methyl sites for hydroxylation is 4. The van der Waals surface area contributed by atoms with E-state index in [1.165, 1.54) is 37.5 Å². The smallest absolute Gasteiger partial charge is 0.537 e. The minimum absolute atomic E-state index is 0.419. The second kappa shape index (κ2) is 28.1. The molecule has 2 aromatic heterocycles. The van der Waals surface area contributed by atoms with Gasteiger partial charge >= 0.3 is 30.9 Å². The Morgan fingerprint density at radius 3 is 1.62 bits per heavy atom. The number of methoxy groups -OCH3 is 2. The summed E-state index contributed by atoms with van der Waals surface area (Å²) in [7, 11) is 3.36. The molecule has 8 aromatic rings. The average molecular weight is 1170 g/mol. The summed E-state index contributed by atoms with van der Waals surface area (Å²) in [5.41, 5.74) is 12.7. The predicted octanol–water partition coefficient (Wildman–Crippen LogP) is 11.1. The molecule has 0 amide bonds. The molecule has 2 N–H and O–H groups in total. The maximum Gasteiger partial charge on any atom is 0.569 e. The first-order valence-electron chi connectivity index (χ1n) is 24.9. The number of esters is 2. The lowest BCUT2D eigenvalue weighted by Crippen LogP contribution is -2.35. The summed E-state index contributed by atoms with van der Waals surface area (Å²) in [6.07, 6.45) is 0. The average Bonchev–Trinajstić information content (AvgIpc) is 3.48. The van der Waals surface area contributed by atoms with E-state index in [9.17, 15) is 19.2 Å². The highest BCUT2D eigenvalue weighted by Crippen LogP contribution is 2.39. The summed E-state index contributed by atoms with van der Waals surface area (Å²) in [4.78, 5) is 50.8. The normalized spacial score (nSPS) is 13.2. The molecule has 0 spiro atoms. The van der Waals surface area contributed by atoms with Crippen LogP contribution in [0.25, 0.3) is 55.3 Å². The molecule has 2 saturated heterocycles. The van der Waals surface area contributed by atoms with Crippen molar-refractivity contribution < 1.29 is 47.0 Å². The fraction of sp³-hybridized carbons (Fsp3) is 0.267. The van der Waals surface area contributed by atoms with Crippen molar-refractivity contribution in [2.45, 2.75) is 39.6 Å². The van der Waals surface area contributed by atoms with Gasteiger partial charge in [-0.3, -0.25) is 4.90 Å². The third kappa shape index (κ3) is 15.1. The molecule has 2 aliphatic rings. The van der Waals surface area contributed by atoms with E-state index in [-0.39, 0.29) is 0 Å². The van der Waals surface area contributed by atoms with E-state index in [0.29, 0.717) is 35.7 Å². The molecule has 1 radical (unpaired) electrons. The number of hydrogen-bond donors (Lipinski definition) is 2. The maximum atomic E-state index is 12.5. The fourth-order valence-corrected chi connectivity index (χ4v) is 9.83. The van der Waals surface area contributed by atoms with Crippen LogP contribution in [0, 0.1) is 27.7 Å². The number of nitrogens with zero attached hydrogens (tertiary/aromatic N) is 1. The first kappa shape index (κ1) is 58.0. The number of alkyl halides is 1. The Hall–Kier alpha value is -6.70. The Balaban J connectivity index is 0.000000178. The van der Waals surface area contributed by atoms with Gasteiger partial charge in [-0.1, -0.05) is 92.5 Å². The summed E-state index contributed by atoms with van der Waals surface area (Å²) in [5, 5.41) is 14.0. The van der Waals surface area contributed by atoms with Crippen molar-refractivity contribution in [1.82, 2.24) is 10.2 Å². The molecule has 6 aromatic carbocycles. The van der Waals surface area contributed by atoms with E-state index in [1.807, 2.05) is 57.2 Å². The summed E-state index contributed by atoms with van der Waals surface area (Å²) >= 11 is 6.90. The number of ether oxygens (including phenoxy) is 4. The van der Waals surface area contributed by atoms with Crippen LogP contribution in [0.4, 0.5) is 0 Å². The molecule has 14 nitrogen and oxygen atoms in total. The Morgan fingerprint density at radius 2 is 1.14 bits per heavy atom. The van der Waals surface area contributed by atoms with E-state index < -0.39 is 23.2 Å². The Labute approximate surface area is 464 Å². The molecule has 0 saturated carbocycles. The van der Waals surface area contributed by atoms with Crippen LogP contribution in [-0.4, -0.2) is 96.4 Å². The monoisotopic (exact) mass is 1170 g/mol. The van der Waals surface area contributed by atoms with Crippen molar-refractivity contribution in [3.63, 3.8) is 0 Å². The van der Waals surface area contributed by atoms with Crippen molar-refractivity contribution in [1.29, 1.82) is 0 Å². The van der Waals surface area contributed by atoms with Gasteiger partial charge in [-0.2, -0.15) is 0 Å². The highest BCUT2D eigenvalue weighted by atomic mass is 79.9. The molecule has 77 heavy (non-hydrogen) atoms. The molecule has 0 unspecified atom stereocenters. The summed E-state index contributed by atoms with van der Waals surface area (Å²) in [5.74, 6) is -0.204. The van der Waals surface area contributed by atoms with Gasteiger partial charge in [0.1, 0.15) is 11.2 Å². The molecular formula is C60H60BBr2N2O12. The Bertz CT molecular complexity index is 3430. The SMILES string of the molecule is C1COCCN1.COC(=O)c1cccc(-c2cc(=O)oc3cc(C)c(-c4ccc(CN5CCOCC5)cc4)c(C)c23)c1.COC(=O)c1cccc(-c2cc(=O)oc3cc(C)c(Br)c(C)c23)c1.O[B]Oc1ccc(CBr)cc1. The molecule has 0 aliphatic carbocycles. The van der Waals surface area contributed by atoms with Gasteiger partial charge in [-0.15, -0.1) is 0 Å². The van der Waals surface area contributed by atoms with Gasteiger partial charge in [-0.25, -0.2) is 19.2 Å². The number of rotatable bonds is 10. The number of carbonyl (C=O) groups is 2. The van der Waals surface area contributed by atoms with E-state index >= 15 is 0 Å². The highest BCUT2D eigenvalue weighted by molar-refractivity contribution is 9.10. The zero-order chi connectivity index (χ0) is 55.0. The van der Waals surface area contributed by atoms with Crippen LogP contribution >= 0.6 is 31.9 Å². The second-order valence-corrected chi connectivity index (χ2v) is 19.5. The topological polar surface area (TPSA) is 176 Å². The van der Waals surface area contributed by atoms with Gasteiger partial charge in [0.05, 0.1) is 57.5 Å². The van der Waals surface area contributed by atoms with Crippen molar-refractivity contribution in [3.05, 3.63) is 191 Å². The molecular weight excluding hydrogens is 1110 g/mol. The molecule has 2 aliphatic heterocycles. The molecule has 0 atom stereocenters. The number of fused-ring (bicyclic) bond motifs is 2. The third-order valence-corrected chi connectivity index (χ3v) is 14.8. The molecule has 399 valence electrons. The first-order valence-corrected chi connectivity index (χ1v) is 26.8. The lowest BCUT2D eigenvalue weighted by molar-refractivity contribution is 0.0342. The number of halogens is 2. The fourth-order valence-electron chi connectivity index (χ4n) is 9.15. The van der Waals surface area contributed by atoms with Gasteiger partial charge < -0.3 is 42.8 Å². The summed E-state index contributed by atoms with van der Waals surface area (Å²) < 4.78 is 36.8. The summed E-state index contributed by atoms with van der Waals surface area (Å²) in [6, 6.07) is 37.0. The highest BCUT2D eigenvalue weighted by Gasteiger charge is 2.20. The minimum atomic E-state index is -0.431. The number of hydrogen-bond acceptors (Lipinski definition) is 14. The van der Waals surface area contributed by atoms with Crippen LogP contribution in [0.15, 0.2) is 144 Å². The van der Waals surface area contributed by atoms with Crippen molar-refractivity contribution >= 4 is 73.4 Å². The van der Waals surface area contributed by atoms with Crippen molar-refractivity contribution in [2.75, 3.05) is 66.8 Å². The lowest BCUT2D eigenvalue weighted by Gasteiger charge is -2.26. The standard InChI is InChI=1S/C30H29NO5.C19H15BrO4.C7H7BBrO2.C4H9NO/c1-19-15-26-29(25(17-27(32)36-26)23-5-4-6-24(16-23)30(33)34-3)20(2)28(19)22-9-7-21(8-10-22)18-31-11-13-35-14-12-31;1-10-7-15-17(11(2)18(10)20)14(9-16(21)24-15)12-5-4-6-13(8-12)19(22)23-3;9-5-6-1-3-7(4-2-6)11-8-10;1-3-6-4-2-5-1/h4-10,15-17H,11-14,18H2,1-3H3;4-9H,1-3H3;1-4,10H,5H2;5H,1-4H2. The van der Waals surface area contributed by atoms with Gasteiger partial charge in [0.2, 0.25) is 0 Å². The maximum absolute atomic E-state index is 12.5. The molecule has 17 heteroatoms. The van der Waals surface area contributed by atoms with Crippen molar-refractivity contribution in [2.24, 2.45) is 0 Å². The quantitative estimate of drug-likeness (QED) is 0.0572. The van der Waals surface area contributed by atoms with Crippen LogP contribution in [0.5, 0.6) is 5.75 Å². The lowest BCUT2D eigenvalue weighted by atomic mass is 9.89. The predicted molar refractivity (Wildman–Crippen MR) is 308 cm³/mol. The number of nitrogens with one attached hydrogen (secondary N) is 1. The Morgan fingerprint density at radius 1 is 0.636 bits per heavy atom. The van der Waals surface area contributed by atoms with Crippen LogP contribution < -0.4 is 21.2 Å². The first-order chi connectivity index (χ1) is 37.2. The molecule has 0 bridgehead atoms. The van der Waals surface area contributed by atoms with Gasteiger partial charge in [0.25, 0.3) is 0 Å². The molecule has 4 heterocycles. The minimum Gasteiger partial charge on any atom is -0.537 e. The van der Waals surface area contributed by atoms with Crippen LogP contribution in [0.3, 0.4) is 0 Å². The van der Waals surface area contributed by atoms with Gasteiger partial charge in [-0.05, 0) is 132 Å². The van der Waals surface area contributed by atoms with E-state index in [2.05, 4.69) is 73.3 Å². The van der Waals surface area contributed by atoms with E-state index in [4.69, 9.17) is 37.5 Å². The van der Waals surface area contributed by atoms with E-state index in [0.717, 1.165) is 135 Å². The molecule has 10 rings (SSSR count). The number of morpholine rings is 2.